The number of rotatable bonds is 6. The highest BCUT2D eigenvalue weighted by molar-refractivity contribution is 5.48. The van der Waals surface area contributed by atoms with Gasteiger partial charge in [-0.1, -0.05) is 42.5 Å². The van der Waals surface area contributed by atoms with E-state index in [0.717, 1.165) is 12.8 Å². The van der Waals surface area contributed by atoms with Crippen molar-refractivity contribution in [3.05, 3.63) is 42.0 Å². The van der Waals surface area contributed by atoms with Gasteiger partial charge in [0.15, 0.2) is 0 Å². The van der Waals surface area contributed by atoms with Gasteiger partial charge in [0.05, 0.1) is 6.61 Å². The molecule has 1 aromatic carbocycles. The number of carbonyl (C=O) groups excluding carboxylic acids is 1. The molecule has 2 nitrogen and oxygen atoms in total. The zero-order valence-electron chi connectivity index (χ0n) is 7.98. The maximum absolute atomic E-state index is 9.69. The summed E-state index contributed by atoms with van der Waals surface area (Å²) in [6.07, 6.45) is 5.89. The van der Waals surface area contributed by atoms with Crippen LogP contribution < -0.4 is 0 Å². The summed E-state index contributed by atoms with van der Waals surface area (Å²) in [4.78, 5) is 9.69. The van der Waals surface area contributed by atoms with Gasteiger partial charge >= 0.3 is 6.47 Å². The summed E-state index contributed by atoms with van der Waals surface area (Å²) in [6, 6.07) is 10.1. The molecule has 0 aliphatic carbocycles. The molecule has 0 atom stereocenters. The zero-order valence-corrected chi connectivity index (χ0v) is 7.98. The Morgan fingerprint density at radius 2 is 2.07 bits per heavy atom. The fourth-order valence-corrected chi connectivity index (χ4v) is 1.10. The van der Waals surface area contributed by atoms with E-state index >= 15 is 0 Å². The topological polar surface area (TPSA) is 26.3 Å². The number of hydrogen-bond acceptors (Lipinski definition) is 2. The monoisotopic (exact) mass is 189 g/mol. The highest BCUT2D eigenvalue weighted by atomic mass is 16.5. The molecule has 0 spiro atoms. The van der Waals surface area contributed by atoms with E-state index < -0.39 is 0 Å². The van der Waals surface area contributed by atoms with E-state index in [1.165, 1.54) is 12.0 Å². The van der Waals surface area contributed by atoms with Crippen LogP contribution in [0, 0.1) is 0 Å². The quantitative estimate of drug-likeness (QED) is 0.643. The molecule has 0 saturated carbocycles. The van der Waals surface area contributed by atoms with Crippen molar-refractivity contribution in [2.45, 2.75) is 12.8 Å². The van der Waals surface area contributed by atoms with E-state index in [1.54, 1.807) is 0 Å². The molecular formula is C12H13O2. The molecule has 1 aromatic rings. The summed E-state index contributed by atoms with van der Waals surface area (Å²) in [5.41, 5.74) is 1.19. The van der Waals surface area contributed by atoms with E-state index in [0.29, 0.717) is 6.61 Å². The zero-order chi connectivity index (χ0) is 10.1. The summed E-state index contributed by atoms with van der Waals surface area (Å²) in [7, 11) is 0. The molecule has 14 heavy (non-hydrogen) atoms. The minimum absolute atomic E-state index is 0.447. The summed E-state index contributed by atoms with van der Waals surface area (Å²) in [6.45, 7) is 1.85. The molecule has 0 amide bonds. The van der Waals surface area contributed by atoms with E-state index in [-0.39, 0.29) is 0 Å². The maximum atomic E-state index is 9.69. The van der Waals surface area contributed by atoms with Gasteiger partial charge in [-0.15, -0.1) is 0 Å². The third kappa shape index (κ3) is 4.45. The van der Waals surface area contributed by atoms with Gasteiger partial charge in [-0.25, -0.2) is 4.79 Å². The predicted octanol–water partition coefficient (Wildman–Crippen LogP) is 2.56. The summed E-state index contributed by atoms with van der Waals surface area (Å²) < 4.78 is 4.45. The molecule has 0 fully saturated rings. The Labute approximate surface area is 84.2 Å². The number of benzene rings is 1. The molecule has 0 aliphatic heterocycles. The number of ether oxygens (including phenoxy) is 1. The van der Waals surface area contributed by atoms with Crippen LogP contribution in [0.25, 0.3) is 6.08 Å². The molecule has 1 radical (unpaired) electrons. The van der Waals surface area contributed by atoms with Crippen molar-refractivity contribution in [1.29, 1.82) is 0 Å². The van der Waals surface area contributed by atoms with Gasteiger partial charge in [0.25, 0.3) is 0 Å². The average Bonchev–Trinajstić information content (AvgIpc) is 2.25. The molecule has 0 aliphatic rings. The molecule has 0 N–H and O–H groups in total. The van der Waals surface area contributed by atoms with E-state index in [2.05, 4.69) is 16.9 Å². The van der Waals surface area contributed by atoms with Gasteiger partial charge < -0.3 is 4.74 Å². The van der Waals surface area contributed by atoms with E-state index in [1.807, 2.05) is 30.3 Å². The van der Waals surface area contributed by atoms with Gasteiger partial charge in [0.2, 0.25) is 0 Å². The lowest BCUT2D eigenvalue weighted by Gasteiger charge is -1.93. The molecule has 73 valence electrons. The molecule has 1 rings (SSSR count). The number of unbranched alkanes of at least 4 members (excludes halogenated alkanes) is 1. The SMILES string of the molecule is O=[C]OCCCC=Cc1ccccc1. The van der Waals surface area contributed by atoms with Gasteiger partial charge in [0.1, 0.15) is 0 Å². The lowest BCUT2D eigenvalue weighted by Crippen LogP contribution is -1.89. The molecule has 0 saturated heterocycles. The first-order valence-corrected chi connectivity index (χ1v) is 4.64. The van der Waals surface area contributed by atoms with Crippen LogP contribution in [0.15, 0.2) is 36.4 Å². The summed E-state index contributed by atoms with van der Waals surface area (Å²) in [5.74, 6) is 0. The van der Waals surface area contributed by atoms with Crippen molar-refractivity contribution in [2.75, 3.05) is 6.61 Å². The third-order valence-corrected chi connectivity index (χ3v) is 1.79. The molecule has 0 unspecified atom stereocenters. The standard InChI is InChI=1S/C12H13O2/c13-11-14-10-6-2-5-9-12-7-3-1-4-8-12/h1,3-5,7-9H,2,6,10H2. The molecule has 0 heterocycles. The fraction of sp³-hybridized carbons (Fsp3) is 0.250. The van der Waals surface area contributed by atoms with Gasteiger partial charge in [-0.2, -0.15) is 0 Å². The van der Waals surface area contributed by atoms with Crippen LogP contribution in [0.1, 0.15) is 18.4 Å². The highest BCUT2D eigenvalue weighted by Crippen LogP contribution is 2.02. The van der Waals surface area contributed by atoms with Crippen LogP contribution in [0.2, 0.25) is 0 Å². The van der Waals surface area contributed by atoms with Crippen molar-refractivity contribution >= 4 is 12.5 Å². The maximum Gasteiger partial charge on any atom is 0.417 e. The first-order valence-electron chi connectivity index (χ1n) is 4.64. The Morgan fingerprint density at radius 1 is 1.29 bits per heavy atom. The Balaban J connectivity index is 2.18. The Morgan fingerprint density at radius 3 is 2.79 bits per heavy atom. The minimum atomic E-state index is 0.447. The van der Waals surface area contributed by atoms with Crippen molar-refractivity contribution in [3.63, 3.8) is 0 Å². The smallest absolute Gasteiger partial charge is 0.417 e. The largest absolute Gasteiger partial charge is 0.457 e. The van der Waals surface area contributed by atoms with Gasteiger partial charge in [-0.3, -0.25) is 0 Å². The lowest BCUT2D eigenvalue weighted by molar-refractivity contribution is 0.274. The minimum Gasteiger partial charge on any atom is -0.457 e. The van der Waals surface area contributed by atoms with Crippen molar-refractivity contribution in [1.82, 2.24) is 0 Å². The van der Waals surface area contributed by atoms with Crippen LogP contribution in [0.4, 0.5) is 0 Å². The van der Waals surface area contributed by atoms with Crippen molar-refractivity contribution < 1.29 is 9.53 Å². The second-order valence-corrected chi connectivity index (χ2v) is 2.89. The van der Waals surface area contributed by atoms with Crippen LogP contribution in [0.3, 0.4) is 0 Å². The van der Waals surface area contributed by atoms with Crippen molar-refractivity contribution in [3.8, 4) is 0 Å². The van der Waals surface area contributed by atoms with Crippen LogP contribution in [-0.4, -0.2) is 13.1 Å². The number of allylic oxidation sites excluding steroid dienone is 1. The molecule has 0 bridgehead atoms. The average molecular weight is 189 g/mol. The van der Waals surface area contributed by atoms with Crippen molar-refractivity contribution in [2.24, 2.45) is 0 Å². The summed E-state index contributed by atoms with van der Waals surface area (Å²) in [5, 5.41) is 0. The van der Waals surface area contributed by atoms with Gasteiger partial charge in [-0.05, 0) is 18.4 Å². The third-order valence-electron chi connectivity index (χ3n) is 1.79. The highest BCUT2D eigenvalue weighted by Gasteiger charge is 1.85. The van der Waals surface area contributed by atoms with E-state index in [9.17, 15) is 4.79 Å². The second-order valence-electron chi connectivity index (χ2n) is 2.89. The van der Waals surface area contributed by atoms with Crippen LogP contribution in [-0.2, 0) is 9.53 Å². The molecular weight excluding hydrogens is 176 g/mol. The molecule has 2 heteroatoms. The fourth-order valence-electron chi connectivity index (χ4n) is 1.10. The lowest BCUT2D eigenvalue weighted by atomic mass is 10.2. The number of hydrogen-bond donors (Lipinski definition) is 0. The Bertz CT molecular complexity index is 278. The van der Waals surface area contributed by atoms with E-state index in [4.69, 9.17) is 0 Å². The van der Waals surface area contributed by atoms with Crippen LogP contribution in [0.5, 0.6) is 0 Å². The second kappa shape index (κ2) is 6.89. The normalized spacial score (nSPS) is 10.3. The first kappa shape index (κ1) is 10.5. The first-order chi connectivity index (χ1) is 6.93. The Kier molecular flexibility index (Phi) is 5.18. The van der Waals surface area contributed by atoms with Crippen LogP contribution >= 0.6 is 0 Å². The summed E-state index contributed by atoms with van der Waals surface area (Å²) >= 11 is 0. The predicted molar refractivity (Wildman–Crippen MR) is 56.4 cm³/mol. The Hall–Kier alpha value is -1.57. The molecule has 0 aromatic heterocycles. The van der Waals surface area contributed by atoms with Gasteiger partial charge in [0, 0.05) is 0 Å².